The fourth-order valence-corrected chi connectivity index (χ4v) is 3.51. The number of aliphatic hydroxyl groups is 2. The third-order valence-electron chi connectivity index (χ3n) is 4.98. The van der Waals surface area contributed by atoms with E-state index in [1.165, 1.54) is 19.4 Å². The molecule has 130 valence electrons. The second-order valence-corrected chi connectivity index (χ2v) is 6.52. The first-order valence-corrected chi connectivity index (χ1v) is 8.25. The molecule has 1 heterocycles. The Morgan fingerprint density at radius 3 is 2.62 bits per heavy atom. The molecule has 1 aliphatic rings. The van der Waals surface area contributed by atoms with Crippen LogP contribution in [0.25, 0.3) is 10.9 Å². The van der Waals surface area contributed by atoms with Crippen LogP contribution in [-0.4, -0.2) is 34.5 Å². The number of fused-ring (bicyclic) bond motifs is 1. The number of nitrogens with zero attached hydrogens (tertiary/aromatic N) is 1. The number of halogens is 1. The van der Waals surface area contributed by atoms with Gasteiger partial charge in [0.15, 0.2) is 5.82 Å². The van der Waals surface area contributed by atoms with Crippen molar-refractivity contribution in [1.82, 2.24) is 4.98 Å². The molecule has 3 rings (SSSR count). The summed E-state index contributed by atoms with van der Waals surface area (Å²) in [7, 11) is 1.45. The molecule has 0 amide bonds. The van der Waals surface area contributed by atoms with Crippen molar-refractivity contribution >= 4 is 10.9 Å². The number of aromatic nitrogens is 1. The molecule has 0 spiro atoms. The Morgan fingerprint density at radius 1 is 1.25 bits per heavy atom. The second kappa shape index (κ2) is 7.01. The van der Waals surface area contributed by atoms with Crippen molar-refractivity contribution in [2.45, 2.75) is 43.9 Å². The fraction of sp³-hybridized carbons (Fsp3) is 0.500. The molecular weight excluding hydrogens is 311 g/mol. The van der Waals surface area contributed by atoms with Crippen LogP contribution in [0.5, 0.6) is 5.75 Å². The van der Waals surface area contributed by atoms with Crippen LogP contribution < -0.4 is 10.5 Å². The number of aliphatic hydroxyl groups excluding tert-OH is 2. The highest BCUT2D eigenvalue weighted by molar-refractivity contribution is 5.84. The maximum atomic E-state index is 14.2. The summed E-state index contributed by atoms with van der Waals surface area (Å²) >= 11 is 0. The zero-order valence-corrected chi connectivity index (χ0v) is 13.7. The molecule has 0 aliphatic heterocycles. The topological polar surface area (TPSA) is 88.6 Å². The van der Waals surface area contributed by atoms with Crippen LogP contribution in [0.2, 0.25) is 0 Å². The van der Waals surface area contributed by atoms with Crippen molar-refractivity contribution in [2.75, 3.05) is 7.11 Å². The molecule has 6 heteroatoms. The van der Waals surface area contributed by atoms with Gasteiger partial charge < -0.3 is 20.7 Å². The Morgan fingerprint density at radius 2 is 1.96 bits per heavy atom. The van der Waals surface area contributed by atoms with Crippen LogP contribution in [0.15, 0.2) is 24.4 Å². The minimum atomic E-state index is -1.11. The minimum absolute atomic E-state index is 0.0153. The van der Waals surface area contributed by atoms with Crippen molar-refractivity contribution in [3.63, 3.8) is 0 Å². The average molecular weight is 334 g/mol. The molecule has 1 aromatic carbocycles. The van der Waals surface area contributed by atoms with Gasteiger partial charge >= 0.3 is 0 Å². The highest BCUT2D eigenvalue weighted by atomic mass is 19.1. The fourth-order valence-electron chi connectivity index (χ4n) is 3.51. The highest BCUT2D eigenvalue weighted by Crippen LogP contribution is 2.35. The number of rotatable bonds is 4. The van der Waals surface area contributed by atoms with Crippen molar-refractivity contribution < 1.29 is 19.3 Å². The standard InChI is InChI=1S/C18H23FN2O3/c1-24-12-8-14-13(6-7-21-16(14)15(19)9-12)18(23)17(22)10-2-4-11(20)5-3-10/h6-11,17-18,22-23H,2-5,20H2,1H3/t10?,11?,17-,18-/m1/s1. The summed E-state index contributed by atoms with van der Waals surface area (Å²) in [5, 5.41) is 21.7. The third-order valence-corrected chi connectivity index (χ3v) is 4.98. The van der Waals surface area contributed by atoms with Gasteiger partial charge in [0.25, 0.3) is 0 Å². The normalized spacial score (nSPS) is 23.9. The summed E-state index contributed by atoms with van der Waals surface area (Å²) in [6, 6.07) is 4.67. The lowest BCUT2D eigenvalue weighted by Gasteiger charge is -2.32. The Hall–Kier alpha value is -1.76. The molecule has 1 fully saturated rings. The number of nitrogens with two attached hydrogens (primary N) is 1. The molecule has 5 nitrogen and oxygen atoms in total. The zero-order chi connectivity index (χ0) is 17.3. The molecule has 0 saturated heterocycles. The molecule has 4 N–H and O–H groups in total. The Balaban J connectivity index is 1.94. The lowest BCUT2D eigenvalue weighted by atomic mass is 9.80. The summed E-state index contributed by atoms with van der Waals surface area (Å²) < 4.78 is 19.3. The van der Waals surface area contributed by atoms with E-state index < -0.39 is 18.0 Å². The molecule has 1 aromatic heterocycles. The van der Waals surface area contributed by atoms with E-state index in [1.54, 1.807) is 12.1 Å². The van der Waals surface area contributed by atoms with Gasteiger partial charge in [0, 0.05) is 23.7 Å². The molecule has 24 heavy (non-hydrogen) atoms. The minimum Gasteiger partial charge on any atom is -0.497 e. The maximum Gasteiger partial charge on any atom is 0.153 e. The molecule has 2 atom stereocenters. The van der Waals surface area contributed by atoms with Gasteiger partial charge in [0.1, 0.15) is 17.4 Å². The van der Waals surface area contributed by atoms with Gasteiger partial charge in [-0.2, -0.15) is 0 Å². The van der Waals surface area contributed by atoms with Gasteiger partial charge in [0.05, 0.1) is 13.2 Å². The predicted molar refractivity (Wildman–Crippen MR) is 89.2 cm³/mol. The van der Waals surface area contributed by atoms with Crippen LogP contribution >= 0.6 is 0 Å². The van der Waals surface area contributed by atoms with Crippen LogP contribution in [-0.2, 0) is 0 Å². The summed E-state index contributed by atoms with van der Waals surface area (Å²) in [4.78, 5) is 4.04. The lowest BCUT2D eigenvalue weighted by molar-refractivity contribution is -0.0291. The molecule has 1 saturated carbocycles. The van der Waals surface area contributed by atoms with E-state index in [0.29, 0.717) is 16.7 Å². The van der Waals surface area contributed by atoms with Crippen molar-refractivity contribution in [3.05, 3.63) is 35.8 Å². The monoisotopic (exact) mass is 334 g/mol. The van der Waals surface area contributed by atoms with Crippen LogP contribution in [0.1, 0.15) is 37.4 Å². The van der Waals surface area contributed by atoms with E-state index in [1.807, 2.05) is 0 Å². The summed E-state index contributed by atoms with van der Waals surface area (Å²) in [6.07, 6.45) is 2.65. The summed E-state index contributed by atoms with van der Waals surface area (Å²) in [6.45, 7) is 0. The quantitative estimate of drug-likeness (QED) is 0.798. The van der Waals surface area contributed by atoms with Crippen LogP contribution in [0, 0.1) is 11.7 Å². The van der Waals surface area contributed by atoms with E-state index in [-0.39, 0.29) is 17.5 Å². The first-order chi connectivity index (χ1) is 11.5. The number of hydrogen-bond acceptors (Lipinski definition) is 5. The Bertz CT molecular complexity index is 717. The average Bonchev–Trinajstić information content (AvgIpc) is 2.60. The number of benzene rings is 1. The van der Waals surface area contributed by atoms with Gasteiger partial charge in [-0.3, -0.25) is 4.98 Å². The van der Waals surface area contributed by atoms with Crippen molar-refractivity contribution in [3.8, 4) is 5.75 Å². The third kappa shape index (κ3) is 3.22. The molecule has 1 aliphatic carbocycles. The van der Waals surface area contributed by atoms with E-state index in [4.69, 9.17) is 10.5 Å². The SMILES string of the molecule is COc1cc(F)c2nccc([C@@H](O)[C@H](O)C3CCC(N)CC3)c2c1. The molecule has 0 unspecified atom stereocenters. The first kappa shape index (κ1) is 17.1. The Kier molecular flexibility index (Phi) is 4.99. The smallest absolute Gasteiger partial charge is 0.153 e. The van der Waals surface area contributed by atoms with Gasteiger partial charge in [-0.15, -0.1) is 0 Å². The van der Waals surface area contributed by atoms with Gasteiger partial charge in [-0.05, 0) is 49.3 Å². The lowest BCUT2D eigenvalue weighted by Crippen LogP contribution is -2.35. The number of ether oxygens (including phenoxy) is 1. The largest absolute Gasteiger partial charge is 0.497 e. The maximum absolute atomic E-state index is 14.2. The van der Waals surface area contributed by atoms with E-state index in [9.17, 15) is 14.6 Å². The Labute approximate surface area is 140 Å². The summed E-state index contributed by atoms with van der Waals surface area (Å²) in [5.41, 5.74) is 6.52. The molecule has 0 bridgehead atoms. The second-order valence-electron chi connectivity index (χ2n) is 6.52. The van der Waals surface area contributed by atoms with Gasteiger partial charge in [-0.1, -0.05) is 0 Å². The predicted octanol–water partition coefficient (Wildman–Crippen LogP) is 2.29. The molecule has 0 radical (unpaired) electrons. The van der Waals surface area contributed by atoms with Gasteiger partial charge in [-0.25, -0.2) is 4.39 Å². The zero-order valence-electron chi connectivity index (χ0n) is 13.7. The first-order valence-electron chi connectivity index (χ1n) is 8.25. The van der Waals surface area contributed by atoms with E-state index in [2.05, 4.69) is 4.98 Å². The van der Waals surface area contributed by atoms with E-state index >= 15 is 0 Å². The highest BCUT2D eigenvalue weighted by Gasteiger charge is 2.31. The van der Waals surface area contributed by atoms with Crippen molar-refractivity contribution in [1.29, 1.82) is 0 Å². The number of hydrogen-bond donors (Lipinski definition) is 3. The van der Waals surface area contributed by atoms with E-state index in [0.717, 1.165) is 25.7 Å². The summed E-state index contributed by atoms with van der Waals surface area (Å²) in [5.74, 6) is -0.186. The molecule has 2 aromatic rings. The number of methoxy groups -OCH3 is 1. The van der Waals surface area contributed by atoms with Crippen molar-refractivity contribution in [2.24, 2.45) is 11.7 Å². The number of pyridine rings is 1. The van der Waals surface area contributed by atoms with Crippen LogP contribution in [0.3, 0.4) is 0 Å². The van der Waals surface area contributed by atoms with Crippen LogP contribution in [0.4, 0.5) is 4.39 Å². The van der Waals surface area contributed by atoms with Gasteiger partial charge in [0.2, 0.25) is 0 Å². The molecular formula is C18H23FN2O3.